The number of aromatic nitrogens is 1. The fourth-order valence-corrected chi connectivity index (χ4v) is 2.36. The predicted octanol–water partition coefficient (Wildman–Crippen LogP) is 2.33. The lowest BCUT2D eigenvalue weighted by atomic mass is 9.98. The Morgan fingerprint density at radius 3 is 2.60 bits per heavy atom. The Balaban J connectivity index is 2.54. The van der Waals surface area contributed by atoms with Crippen LogP contribution in [0.1, 0.15) is 25.8 Å². The highest BCUT2D eigenvalue weighted by Gasteiger charge is 2.61. The van der Waals surface area contributed by atoms with Crippen LogP contribution in [-0.4, -0.2) is 12.1 Å². The molecule has 0 aliphatic heterocycles. The maximum absolute atomic E-state index is 6.32. The van der Waals surface area contributed by atoms with E-state index in [9.17, 15) is 0 Å². The van der Waals surface area contributed by atoms with Gasteiger partial charge in [-0.1, -0.05) is 25.4 Å². The average Bonchev–Trinajstić information content (AvgIpc) is 2.65. The highest BCUT2D eigenvalue weighted by atomic mass is 35.5. The molecule has 1 aliphatic rings. The van der Waals surface area contributed by atoms with Crippen molar-refractivity contribution in [2.24, 2.45) is 11.1 Å². The average molecular weight is 227 g/mol. The van der Waals surface area contributed by atoms with Gasteiger partial charge in [-0.05, 0) is 17.9 Å². The normalized spacial score (nSPS) is 27.5. The van der Waals surface area contributed by atoms with Gasteiger partial charge in [0, 0.05) is 6.20 Å². The lowest BCUT2D eigenvalue weighted by molar-refractivity contribution is 0.379. The Morgan fingerprint density at radius 2 is 2.13 bits per heavy atom. The number of ether oxygens (including phenoxy) is 1. The molecule has 1 fully saturated rings. The first-order chi connectivity index (χ1) is 6.92. The molecular formula is C11H15ClN2O. The molecule has 1 aromatic rings. The van der Waals surface area contributed by atoms with Crippen molar-refractivity contribution in [1.82, 2.24) is 4.98 Å². The van der Waals surface area contributed by atoms with Crippen molar-refractivity contribution < 1.29 is 4.74 Å². The molecule has 1 unspecified atom stereocenters. The second-order valence-corrected chi connectivity index (χ2v) is 5.12. The van der Waals surface area contributed by atoms with Gasteiger partial charge in [-0.15, -0.1) is 0 Å². The lowest BCUT2D eigenvalue weighted by Crippen LogP contribution is -2.26. The summed E-state index contributed by atoms with van der Waals surface area (Å²) in [6.45, 7) is 4.24. The van der Waals surface area contributed by atoms with Crippen LogP contribution in [0.2, 0.25) is 5.02 Å². The van der Waals surface area contributed by atoms with E-state index < -0.39 is 5.54 Å². The van der Waals surface area contributed by atoms with Crippen LogP contribution in [0, 0.1) is 5.41 Å². The van der Waals surface area contributed by atoms with Crippen molar-refractivity contribution in [3.8, 4) is 5.88 Å². The monoisotopic (exact) mass is 226 g/mol. The van der Waals surface area contributed by atoms with Crippen LogP contribution in [0.15, 0.2) is 12.3 Å². The van der Waals surface area contributed by atoms with Gasteiger partial charge in [0.15, 0.2) is 0 Å². The minimum absolute atomic E-state index is 0.0625. The van der Waals surface area contributed by atoms with E-state index in [0.717, 1.165) is 12.0 Å². The minimum atomic E-state index is -0.399. The Hall–Kier alpha value is -0.800. The summed E-state index contributed by atoms with van der Waals surface area (Å²) in [5, 5.41) is 0.634. The third kappa shape index (κ3) is 1.42. The van der Waals surface area contributed by atoms with Crippen LogP contribution in [0.25, 0.3) is 0 Å². The molecule has 0 amide bonds. The molecular weight excluding hydrogens is 212 g/mol. The summed E-state index contributed by atoms with van der Waals surface area (Å²) < 4.78 is 5.21. The zero-order chi connectivity index (χ0) is 11.3. The molecule has 3 nitrogen and oxygen atoms in total. The van der Waals surface area contributed by atoms with E-state index in [1.165, 1.54) is 0 Å². The van der Waals surface area contributed by atoms with Gasteiger partial charge in [-0.2, -0.15) is 0 Å². The standard InChI is InChI=1S/C11H15ClN2O/c1-10(2)6-11(10,13)8-7(12)4-5-14-9(8)15-3/h4-5H,6,13H2,1-3H3. The van der Waals surface area contributed by atoms with Crippen LogP contribution < -0.4 is 10.5 Å². The van der Waals surface area contributed by atoms with Gasteiger partial charge >= 0.3 is 0 Å². The SMILES string of the molecule is COc1nccc(Cl)c1C1(N)CC1(C)C. The van der Waals surface area contributed by atoms with Crippen molar-refractivity contribution in [3.05, 3.63) is 22.8 Å². The molecule has 1 saturated carbocycles. The van der Waals surface area contributed by atoms with Gasteiger partial charge in [0.05, 0.1) is 23.2 Å². The van der Waals surface area contributed by atoms with Crippen LogP contribution in [0.5, 0.6) is 5.88 Å². The molecule has 0 radical (unpaired) electrons. The van der Waals surface area contributed by atoms with E-state index in [1.807, 2.05) is 0 Å². The Labute approximate surface area is 94.6 Å². The second kappa shape index (κ2) is 3.09. The van der Waals surface area contributed by atoms with Crippen LogP contribution in [0.4, 0.5) is 0 Å². The van der Waals surface area contributed by atoms with Crippen molar-refractivity contribution in [2.45, 2.75) is 25.8 Å². The van der Waals surface area contributed by atoms with Crippen molar-refractivity contribution in [2.75, 3.05) is 7.11 Å². The van der Waals surface area contributed by atoms with E-state index in [0.29, 0.717) is 10.9 Å². The summed E-state index contributed by atoms with van der Waals surface area (Å²) in [7, 11) is 1.58. The second-order valence-electron chi connectivity index (χ2n) is 4.71. The van der Waals surface area contributed by atoms with Crippen molar-refractivity contribution >= 4 is 11.6 Å². The summed E-state index contributed by atoms with van der Waals surface area (Å²) >= 11 is 6.16. The summed E-state index contributed by atoms with van der Waals surface area (Å²) in [5.41, 5.74) is 6.81. The summed E-state index contributed by atoms with van der Waals surface area (Å²) in [5.74, 6) is 0.538. The first kappa shape index (κ1) is 10.7. The molecule has 4 heteroatoms. The van der Waals surface area contributed by atoms with Crippen molar-refractivity contribution in [1.29, 1.82) is 0 Å². The number of hydrogen-bond acceptors (Lipinski definition) is 3. The summed E-state index contributed by atoms with van der Waals surface area (Å²) in [6, 6.07) is 1.75. The van der Waals surface area contributed by atoms with Crippen molar-refractivity contribution in [3.63, 3.8) is 0 Å². The topological polar surface area (TPSA) is 48.1 Å². The molecule has 2 rings (SSSR count). The fourth-order valence-electron chi connectivity index (χ4n) is 2.06. The lowest BCUT2D eigenvalue weighted by Gasteiger charge is -2.19. The number of nitrogens with two attached hydrogens (primary N) is 1. The fraction of sp³-hybridized carbons (Fsp3) is 0.545. The van der Waals surface area contributed by atoms with Gasteiger partial charge in [0.25, 0.3) is 0 Å². The molecule has 82 valence electrons. The Morgan fingerprint density at radius 1 is 1.53 bits per heavy atom. The first-order valence-corrected chi connectivity index (χ1v) is 5.28. The Bertz CT molecular complexity index is 406. The highest BCUT2D eigenvalue weighted by molar-refractivity contribution is 6.31. The molecule has 1 atom stereocenters. The van der Waals surface area contributed by atoms with E-state index in [2.05, 4.69) is 18.8 Å². The number of methoxy groups -OCH3 is 1. The van der Waals surface area contributed by atoms with E-state index in [1.54, 1.807) is 19.4 Å². The number of hydrogen-bond donors (Lipinski definition) is 1. The third-order valence-electron chi connectivity index (χ3n) is 3.31. The molecule has 15 heavy (non-hydrogen) atoms. The maximum atomic E-state index is 6.32. The van der Waals surface area contributed by atoms with Gasteiger partial charge in [0.2, 0.25) is 5.88 Å². The predicted molar refractivity (Wildman–Crippen MR) is 60.1 cm³/mol. The largest absolute Gasteiger partial charge is 0.481 e. The van der Waals surface area contributed by atoms with Gasteiger partial charge < -0.3 is 10.5 Å². The van der Waals surface area contributed by atoms with Crippen LogP contribution >= 0.6 is 11.6 Å². The molecule has 1 aromatic heterocycles. The first-order valence-electron chi connectivity index (χ1n) is 4.90. The zero-order valence-corrected chi connectivity index (χ0v) is 9.93. The smallest absolute Gasteiger partial charge is 0.219 e. The number of rotatable bonds is 2. The Kier molecular flexibility index (Phi) is 2.21. The molecule has 0 saturated heterocycles. The molecule has 1 heterocycles. The van der Waals surface area contributed by atoms with Gasteiger partial charge in [-0.25, -0.2) is 4.98 Å². The zero-order valence-electron chi connectivity index (χ0n) is 9.17. The van der Waals surface area contributed by atoms with E-state index in [4.69, 9.17) is 22.1 Å². The molecule has 0 aromatic carbocycles. The number of pyridine rings is 1. The maximum Gasteiger partial charge on any atom is 0.219 e. The summed E-state index contributed by atoms with van der Waals surface area (Å²) in [4.78, 5) is 4.14. The summed E-state index contributed by atoms with van der Waals surface area (Å²) in [6.07, 6.45) is 2.53. The molecule has 0 bridgehead atoms. The number of halogens is 1. The van der Waals surface area contributed by atoms with E-state index >= 15 is 0 Å². The minimum Gasteiger partial charge on any atom is -0.481 e. The molecule has 2 N–H and O–H groups in total. The number of nitrogens with zero attached hydrogens (tertiary/aromatic N) is 1. The van der Waals surface area contributed by atoms with Crippen LogP contribution in [0.3, 0.4) is 0 Å². The van der Waals surface area contributed by atoms with E-state index in [-0.39, 0.29) is 5.41 Å². The van der Waals surface area contributed by atoms with Gasteiger partial charge in [-0.3, -0.25) is 0 Å². The van der Waals surface area contributed by atoms with Gasteiger partial charge in [0.1, 0.15) is 0 Å². The molecule has 0 spiro atoms. The molecule has 1 aliphatic carbocycles. The highest BCUT2D eigenvalue weighted by Crippen LogP contribution is 2.62. The van der Waals surface area contributed by atoms with Crippen LogP contribution in [-0.2, 0) is 5.54 Å². The third-order valence-corrected chi connectivity index (χ3v) is 3.62. The quantitative estimate of drug-likeness (QED) is 0.842.